The van der Waals surface area contributed by atoms with Gasteiger partial charge in [0.1, 0.15) is 0 Å². The molecule has 0 saturated carbocycles. The van der Waals surface area contributed by atoms with Gasteiger partial charge in [-0.1, -0.05) is 18.9 Å². The summed E-state index contributed by atoms with van der Waals surface area (Å²) in [6.45, 7) is 4.65. The van der Waals surface area contributed by atoms with E-state index in [1.807, 2.05) is 27.0 Å². The Bertz CT molecular complexity index is 459. The molecule has 0 aromatic carbocycles. The third-order valence-electron chi connectivity index (χ3n) is 2.28. The first-order chi connectivity index (χ1) is 7.66. The fourth-order valence-corrected chi connectivity index (χ4v) is 1.28. The van der Waals surface area contributed by atoms with Crippen molar-refractivity contribution in [1.82, 2.24) is 20.0 Å². The molecule has 0 spiro atoms. The minimum atomic E-state index is 0.250. The number of nitrogens with one attached hydrogen (secondary N) is 1. The van der Waals surface area contributed by atoms with Crippen molar-refractivity contribution in [2.75, 3.05) is 5.32 Å². The van der Waals surface area contributed by atoms with Gasteiger partial charge >= 0.3 is 6.01 Å². The molecule has 6 nitrogen and oxygen atoms in total. The maximum atomic E-state index is 5.42. The van der Waals surface area contributed by atoms with Crippen molar-refractivity contribution in [2.24, 2.45) is 7.05 Å². The van der Waals surface area contributed by atoms with Crippen LogP contribution in [0.15, 0.2) is 16.7 Å². The summed E-state index contributed by atoms with van der Waals surface area (Å²) < 4.78 is 7.22. The molecule has 0 unspecified atom stereocenters. The monoisotopic (exact) mass is 221 g/mol. The second-order valence-corrected chi connectivity index (χ2v) is 3.90. The molecule has 0 atom stereocenters. The normalized spacial score (nSPS) is 11.0. The van der Waals surface area contributed by atoms with Crippen molar-refractivity contribution in [3.63, 3.8) is 0 Å². The van der Waals surface area contributed by atoms with Crippen LogP contribution in [-0.4, -0.2) is 20.0 Å². The van der Waals surface area contributed by atoms with Crippen LogP contribution in [0.25, 0.3) is 0 Å². The van der Waals surface area contributed by atoms with E-state index in [1.54, 1.807) is 10.9 Å². The van der Waals surface area contributed by atoms with E-state index >= 15 is 0 Å². The molecule has 1 N–H and O–H groups in total. The van der Waals surface area contributed by atoms with Gasteiger partial charge in [-0.15, -0.1) is 5.10 Å². The number of nitrogens with zero attached hydrogens (tertiary/aromatic N) is 4. The highest BCUT2D eigenvalue weighted by Crippen LogP contribution is 2.15. The molecule has 0 radical (unpaired) electrons. The minimum Gasteiger partial charge on any atom is -0.408 e. The van der Waals surface area contributed by atoms with Crippen molar-refractivity contribution in [3.8, 4) is 0 Å². The van der Waals surface area contributed by atoms with E-state index in [1.165, 1.54) is 0 Å². The molecule has 2 aromatic heterocycles. The molecule has 86 valence electrons. The van der Waals surface area contributed by atoms with E-state index in [4.69, 9.17) is 4.42 Å². The number of rotatable bonds is 4. The molecule has 2 aromatic rings. The highest BCUT2D eigenvalue weighted by atomic mass is 16.4. The van der Waals surface area contributed by atoms with E-state index in [0.717, 1.165) is 5.69 Å². The zero-order valence-electron chi connectivity index (χ0n) is 9.64. The van der Waals surface area contributed by atoms with Crippen LogP contribution in [0.4, 0.5) is 6.01 Å². The maximum Gasteiger partial charge on any atom is 0.315 e. The van der Waals surface area contributed by atoms with E-state index in [0.29, 0.717) is 18.5 Å². The molecule has 6 heteroatoms. The van der Waals surface area contributed by atoms with E-state index in [2.05, 4.69) is 20.6 Å². The number of aromatic nitrogens is 4. The molecule has 0 aliphatic heterocycles. The van der Waals surface area contributed by atoms with Gasteiger partial charge in [-0.2, -0.15) is 5.10 Å². The second-order valence-electron chi connectivity index (χ2n) is 3.90. The molecular formula is C10H15N5O. The van der Waals surface area contributed by atoms with Crippen molar-refractivity contribution in [2.45, 2.75) is 26.3 Å². The Kier molecular flexibility index (Phi) is 2.89. The molecule has 0 aliphatic carbocycles. The second kappa shape index (κ2) is 4.34. The molecular weight excluding hydrogens is 206 g/mol. The van der Waals surface area contributed by atoms with Gasteiger partial charge in [0.25, 0.3) is 0 Å². The van der Waals surface area contributed by atoms with Crippen LogP contribution in [0.1, 0.15) is 31.4 Å². The maximum absolute atomic E-state index is 5.42. The van der Waals surface area contributed by atoms with Crippen LogP contribution >= 0.6 is 0 Å². The highest BCUT2D eigenvalue weighted by molar-refractivity contribution is 5.19. The van der Waals surface area contributed by atoms with Crippen LogP contribution < -0.4 is 5.32 Å². The average molecular weight is 221 g/mol. The predicted octanol–water partition coefficient (Wildman–Crippen LogP) is 1.54. The Hall–Kier alpha value is -1.85. The Morgan fingerprint density at radius 3 is 2.81 bits per heavy atom. The number of hydrogen-bond donors (Lipinski definition) is 1. The summed E-state index contributed by atoms with van der Waals surface area (Å²) in [7, 11) is 1.89. The van der Waals surface area contributed by atoms with E-state index in [9.17, 15) is 0 Å². The fraction of sp³-hybridized carbons (Fsp3) is 0.500. The van der Waals surface area contributed by atoms with Crippen molar-refractivity contribution < 1.29 is 4.42 Å². The first-order valence-corrected chi connectivity index (χ1v) is 5.21. The Labute approximate surface area is 93.7 Å². The summed E-state index contributed by atoms with van der Waals surface area (Å²) in [6.07, 6.45) is 1.75. The smallest absolute Gasteiger partial charge is 0.315 e. The first-order valence-electron chi connectivity index (χ1n) is 5.21. The van der Waals surface area contributed by atoms with Crippen LogP contribution in [0.3, 0.4) is 0 Å². The molecule has 0 saturated heterocycles. The van der Waals surface area contributed by atoms with Crippen LogP contribution in [0.5, 0.6) is 0 Å². The van der Waals surface area contributed by atoms with Crippen LogP contribution in [0.2, 0.25) is 0 Å². The number of anilines is 1. The molecule has 2 heterocycles. The van der Waals surface area contributed by atoms with Gasteiger partial charge in [0.05, 0.1) is 12.2 Å². The molecule has 0 aliphatic rings. The standard InChI is InChI=1S/C10H15N5O/c1-7(2)9-13-14-10(16-9)11-6-8-4-5-12-15(8)3/h4-5,7H,6H2,1-3H3,(H,11,14). The summed E-state index contributed by atoms with van der Waals surface area (Å²) in [5, 5.41) is 15.0. The average Bonchev–Trinajstić information content (AvgIpc) is 2.83. The zero-order chi connectivity index (χ0) is 11.5. The van der Waals surface area contributed by atoms with Gasteiger partial charge < -0.3 is 9.73 Å². The predicted molar refractivity (Wildman–Crippen MR) is 58.9 cm³/mol. The van der Waals surface area contributed by atoms with E-state index < -0.39 is 0 Å². The topological polar surface area (TPSA) is 68.8 Å². The summed E-state index contributed by atoms with van der Waals surface area (Å²) in [4.78, 5) is 0. The molecule has 0 amide bonds. The number of aryl methyl sites for hydroxylation is 1. The van der Waals surface area contributed by atoms with Crippen LogP contribution in [-0.2, 0) is 13.6 Å². The lowest BCUT2D eigenvalue weighted by Gasteiger charge is -2.01. The Balaban J connectivity index is 1.97. The largest absolute Gasteiger partial charge is 0.408 e. The van der Waals surface area contributed by atoms with Gasteiger partial charge in [0, 0.05) is 19.2 Å². The van der Waals surface area contributed by atoms with Crippen molar-refractivity contribution >= 4 is 6.01 Å². The summed E-state index contributed by atoms with van der Waals surface area (Å²) in [5.41, 5.74) is 1.06. The fourth-order valence-electron chi connectivity index (χ4n) is 1.28. The van der Waals surface area contributed by atoms with E-state index in [-0.39, 0.29) is 5.92 Å². The zero-order valence-corrected chi connectivity index (χ0v) is 9.64. The molecule has 16 heavy (non-hydrogen) atoms. The summed E-state index contributed by atoms with van der Waals surface area (Å²) in [5.74, 6) is 0.896. The van der Waals surface area contributed by atoms with Gasteiger partial charge in [-0.05, 0) is 6.07 Å². The minimum absolute atomic E-state index is 0.250. The third kappa shape index (κ3) is 2.21. The Morgan fingerprint density at radius 1 is 1.44 bits per heavy atom. The highest BCUT2D eigenvalue weighted by Gasteiger charge is 2.09. The Morgan fingerprint density at radius 2 is 2.25 bits per heavy atom. The quantitative estimate of drug-likeness (QED) is 0.848. The first kappa shape index (κ1) is 10.7. The van der Waals surface area contributed by atoms with Gasteiger partial charge in [-0.25, -0.2) is 0 Å². The molecule has 2 rings (SSSR count). The van der Waals surface area contributed by atoms with Crippen molar-refractivity contribution in [3.05, 3.63) is 23.8 Å². The summed E-state index contributed by atoms with van der Waals surface area (Å²) in [6, 6.07) is 2.39. The van der Waals surface area contributed by atoms with Crippen LogP contribution in [0, 0.1) is 0 Å². The SMILES string of the molecule is CC(C)c1nnc(NCc2ccnn2C)o1. The summed E-state index contributed by atoms with van der Waals surface area (Å²) >= 11 is 0. The molecule has 0 fully saturated rings. The lowest BCUT2D eigenvalue weighted by Crippen LogP contribution is -2.05. The van der Waals surface area contributed by atoms with Crippen molar-refractivity contribution in [1.29, 1.82) is 0 Å². The van der Waals surface area contributed by atoms with Gasteiger partial charge in [0.2, 0.25) is 5.89 Å². The lowest BCUT2D eigenvalue weighted by molar-refractivity contribution is 0.479. The van der Waals surface area contributed by atoms with Gasteiger partial charge in [0.15, 0.2) is 0 Å². The third-order valence-corrected chi connectivity index (χ3v) is 2.28. The number of hydrogen-bond acceptors (Lipinski definition) is 5. The lowest BCUT2D eigenvalue weighted by atomic mass is 10.2. The van der Waals surface area contributed by atoms with Gasteiger partial charge in [-0.3, -0.25) is 4.68 Å². The molecule has 0 bridgehead atoms.